The predicted molar refractivity (Wildman–Crippen MR) is 63.6 cm³/mol. The summed E-state index contributed by atoms with van der Waals surface area (Å²) in [6.07, 6.45) is 5.12. The Balaban J connectivity index is 2.57. The van der Waals surface area contributed by atoms with E-state index in [-0.39, 0.29) is 11.1 Å². The van der Waals surface area contributed by atoms with Gasteiger partial charge in [-0.15, -0.1) is 0 Å². The van der Waals surface area contributed by atoms with Gasteiger partial charge in [0.2, 0.25) is 0 Å². The molecule has 2 heterocycles. The van der Waals surface area contributed by atoms with Gasteiger partial charge in [0.25, 0.3) is 0 Å². The molecule has 1 aromatic heterocycles. The summed E-state index contributed by atoms with van der Waals surface area (Å²) in [7, 11) is 0. The third-order valence-corrected chi connectivity index (χ3v) is 3.29. The van der Waals surface area contributed by atoms with E-state index >= 15 is 0 Å². The predicted octanol–water partition coefficient (Wildman–Crippen LogP) is 1.72. The van der Waals surface area contributed by atoms with Crippen molar-refractivity contribution in [2.75, 3.05) is 0 Å². The van der Waals surface area contributed by atoms with E-state index in [4.69, 9.17) is 0 Å². The molecule has 0 fully saturated rings. The zero-order chi connectivity index (χ0) is 11.3. The second kappa shape index (κ2) is 2.99. The van der Waals surface area contributed by atoms with Crippen LogP contribution in [0.3, 0.4) is 0 Å². The highest BCUT2D eigenvalue weighted by molar-refractivity contribution is 5.37. The first kappa shape index (κ1) is 10.5. The van der Waals surface area contributed by atoms with Crippen LogP contribution in [-0.4, -0.2) is 10.1 Å². The number of hydrogen-bond acceptors (Lipinski definition) is 0. The molecule has 1 aliphatic rings. The van der Waals surface area contributed by atoms with Crippen LogP contribution in [0.2, 0.25) is 0 Å². The Labute approximate surface area is 92.0 Å². The number of aromatic nitrogens is 1. The van der Waals surface area contributed by atoms with Crippen molar-refractivity contribution in [2.45, 2.75) is 45.2 Å². The second-order valence-electron chi connectivity index (χ2n) is 5.80. The third-order valence-electron chi connectivity index (χ3n) is 3.29. The van der Waals surface area contributed by atoms with Crippen molar-refractivity contribution >= 4 is 6.20 Å². The number of fused-ring (bicyclic) bond motifs is 1. The van der Waals surface area contributed by atoms with E-state index in [9.17, 15) is 0 Å². The Kier molecular flexibility index (Phi) is 2.09. The first-order valence-electron chi connectivity index (χ1n) is 5.55. The Morgan fingerprint density at radius 3 is 2.67 bits per heavy atom. The van der Waals surface area contributed by atoms with Gasteiger partial charge >= 0.3 is 0 Å². The van der Waals surface area contributed by atoms with Crippen molar-refractivity contribution in [2.24, 2.45) is 0 Å². The molecule has 2 rings (SSSR count). The monoisotopic (exact) mass is 205 g/mol. The molecule has 0 unspecified atom stereocenters. The van der Waals surface area contributed by atoms with Gasteiger partial charge in [0.05, 0.1) is 5.54 Å². The highest BCUT2D eigenvalue weighted by atomic mass is 15.1. The van der Waals surface area contributed by atoms with Crippen molar-refractivity contribution in [1.29, 1.82) is 0 Å². The van der Waals surface area contributed by atoms with E-state index in [1.807, 2.05) is 6.20 Å². The van der Waals surface area contributed by atoms with Gasteiger partial charge in [-0.3, -0.25) is 0 Å². The summed E-state index contributed by atoms with van der Waals surface area (Å²) >= 11 is 0. The molecular weight excluding hydrogens is 184 g/mol. The molecule has 0 amide bonds. The standard InChI is InChI=1S/C13H20N2/c1-6-15-8-7-10-11(15)9-12(2,3)14-13(10,4)5/h6-8,14H,1,9H2,2-5H3/p+1. The summed E-state index contributed by atoms with van der Waals surface area (Å²) in [6, 6.07) is 2.22. The maximum absolute atomic E-state index is 3.86. The van der Waals surface area contributed by atoms with Crippen LogP contribution in [-0.2, 0) is 12.0 Å². The first-order chi connectivity index (χ1) is 6.86. The highest BCUT2D eigenvalue weighted by Crippen LogP contribution is 2.29. The van der Waals surface area contributed by atoms with Gasteiger partial charge in [-0.1, -0.05) is 6.58 Å². The first-order valence-corrected chi connectivity index (χ1v) is 5.55. The van der Waals surface area contributed by atoms with Crippen molar-refractivity contribution in [3.05, 3.63) is 30.1 Å². The molecule has 0 bridgehead atoms. The summed E-state index contributed by atoms with van der Waals surface area (Å²) in [5.41, 5.74) is 3.31. The third kappa shape index (κ3) is 1.63. The number of nitrogens with zero attached hydrogens (tertiary/aromatic N) is 1. The summed E-state index contributed by atoms with van der Waals surface area (Å²) in [4.78, 5) is 0. The largest absolute Gasteiger partial charge is 0.333 e. The molecule has 82 valence electrons. The van der Waals surface area contributed by atoms with Crippen molar-refractivity contribution < 1.29 is 5.32 Å². The van der Waals surface area contributed by atoms with Crippen molar-refractivity contribution in [3.8, 4) is 0 Å². The summed E-state index contributed by atoms with van der Waals surface area (Å²) in [6.45, 7) is 13.1. The Hall–Kier alpha value is -1.02. The number of rotatable bonds is 1. The van der Waals surface area contributed by atoms with Gasteiger partial charge in [-0.2, -0.15) is 0 Å². The quantitative estimate of drug-likeness (QED) is 0.721. The molecule has 0 spiro atoms. The lowest BCUT2D eigenvalue weighted by Crippen LogP contribution is -3.04. The lowest BCUT2D eigenvalue weighted by Gasteiger charge is -2.39. The van der Waals surface area contributed by atoms with E-state index in [2.05, 4.69) is 56.4 Å². The Bertz CT molecular complexity index is 397. The van der Waals surface area contributed by atoms with Gasteiger partial charge in [0.1, 0.15) is 5.54 Å². The summed E-state index contributed by atoms with van der Waals surface area (Å²) in [5, 5.41) is 2.47. The molecule has 0 saturated carbocycles. The minimum absolute atomic E-state index is 0.172. The fourth-order valence-corrected chi connectivity index (χ4v) is 2.96. The average molecular weight is 205 g/mol. The van der Waals surface area contributed by atoms with E-state index in [1.54, 1.807) is 0 Å². The molecule has 1 aromatic rings. The maximum atomic E-state index is 3.86. The smallest absolute Gasteiger partial charge is 0.118 e. The average Bonchev–Trinajstić information content (AvgIpc) is 2.43. The van der Waals surface area contributed by atoms with Crippen LogP contribution in [0.4, 0.5) is 0 Å². The fourth-order valence-electron chi connectivity index (χ4n) is 2.96. The molecule has 0 radical (unpaired) electrons. The minimum Gasteiger partial charge on any atom is -0.333 e. The normalized spacial score (nSPS) is 22.1. The molecule has 2 N–H and O–H groups in total. The number of hydrogen-bond donors (Lipinski definition) is 1. The lowest BCUT2D eigenvalue weighted by molar-refractivity contribution is -0.790. The summed E-state index contributed by atoms with van der Waals surface area (Å²) in [5.74, 6) is 0. The van der Waals surface area contributed by atoms with Gasteiger partial charge in [0.15, 0.2) is 0 Å². The number of quaternary nitrogens is 1. The van der Waals surface area contributed by atoms with E-state index in [0.717, 1.165) is 6.42 Å². The van der Waals surface area contributed by atoms with Gasteiger partial charge in [-0.05, 0) is 33.8 Å². The fraction of sp³-hybridized carbons (Fsp3) is 0.538. The SMILES string of the molecule is C=Cn1ccc2c1CC(C)(C)[NH2+]C2(C)C. The highest BCUT2D eigenvalue weighted by Gasteiger charge is 2.41. The summed E-state index contributed by atoms with van der Waals surface area (Å²) < 4.78 is 2.16. The topological polar surface area (TPSA) is 21.5 Å². The Morgan fingerprint density at radius 1 is 1.40 bits per heavy atom. The van der Waals surface area contributed by atoms with Crippen LogP contribution >= 0.6 is 0 Å². The Morgan fingerprint density at radius 2 is 2.07 bits per heavy atom. The van der Waals surface area contributed by atoms with Gasteiger partial charge in [-0.25, -0.2) is 0 Å². The molecule has 0 atom stereocenters. The minimum atomic E-state index is 0.172. The van der Waals surface area contributed by atoms with Gasteiger partial charge in [0, 0.05) is 30.1 Å². The maximum Gasteiger partial charge on any atom is 0.118 e. The number of nitrogens with two attached hydrogens (primary N) is 1. The zero-order valence-corrected chi connectivity index (χ0v) is 10.2. The zero-order valence-electron chi connectivity index (χ0n) is 10.2. The molecule has 0 aliphatic carbocycles. The van der Waals surface area contributed by atoms with Crippen molar-refractivity contribution in [1.82, 2.24) is 4.57 Å². The lowest BCUT2D eigenvalue weighted by atomic mass is 9.81. The van der Waals surface area contributed by atoms with Crippen LogP contribution < -0.4 is 5.32 Å². The van der Waals surface area contributed by atoms with Gasteiger partial charge < -0.3 is 9.88 Å². The second-order valence-corrected chi connectivity index (χ2v) is 5.80. The van der Waals surface area contributed by atoms with Crippen LogP contribution in [0, 0.1) is 0 Å². The van der Waals surface area contributed by atoms with E-state index in [0.29, 0.717) is 0 Å². The van der Waals surface area contributed by atoms with E-state index < -0.39 is 0 Å². The van der Waals surface area contributed by atoms with Crippen LogP contribution in [0.25, 0.3) is 6.20 Å². The molecule has 2 heteroatoms. The van der Waals surface area contributed by atoms with Crippen LogP contribution in [0.5, 0.6) is 0 Å². The van der Waals surface area contributed by atoms with Crippen LogP contribution in [0.1, 0.15) is 39.0 Å². The molecule has 15 heavy (non-hydrogen) atoms. The molecule has 1 aliphatic heterocycles. The molecule has 0 aromatic carbocycles. The van der Waals surface area contributed by atoms with E-state index in [1.165, 1.54) is 11.3 Å². The van der Waals surface area contributed by atoms with Crippen LogP contribution in [0.15, 0.2) is 18.8 Å². The molecule has 0 saturated heterocycles. The van der Waals surface area contributed by atoms with Crippen molar-refractivity contribution in [3.63, 3.8) is 0 Å². The molecule has 2 nitrogen and oxygen atoms in total. The molecular formula is C13H21N2+.